The van der Waals surface area contributed by atoms with E-state index >= 15 is 0 Å². The molecular formula is C23H25F2N7O4. The van der Waals surface area contributed by atoms with Gasteiger partial charge in [-0.25, -0.2) is 13.8 Å². The van der Waals surface area contributed by atoms with Crippen LogP contribution in [0, 0.1) is 10.8 Å². The highest BCUT2D eigenvalue weighted by atomic mass is 19.3. The van der Waals surface area contributed by atoms with Crippen LogP contribution in [0.25, 0.3) is 11.4 Å². The summed E-state index contributed by atoms with van der Waals surface area (Å²) in [6, 6.07) is 1.43. The van der Waals surface area contributed by atoms with Crippen LogP contribution in [0.1, 0.15) is 12.0 Å². The van der Waals surface area contributed by atoms with Gasteiger partial charge in [0.25, 0.3) is 6.43 Å². The van der Waals surface area contributed by atoms with E-state index in [9.17, 15) is 8.78 Å². The summed E-state index contributed by atoms with van der Waals surface area (Å²) in [6.07, 6.45) is -1.45. The Balaban J connectivity index is 1.27. The molecule has 190 valence electrons. The van der Waals surface area contributed by atoms with Gasteiger partial charge in [-0.1, -0.05) is 0 Å². The molecule has 0 aliphatic carbocycles. The monoisotopic (exact) mass is 501 g/mol. The number of pyridine rings is 1. The molecule has 6 aliphatic heterocycles. The van der Waals surface area contributed by atoms with Crippen LogP contribution in [0.4, 0.5) is 26.5 Å². The van der Waals surface area contributed by atoms with Crippen molar-refractivity contribution in [3.8, 4) is 11.4 Å². The maximum absolute atomic E-state index is 14.0. The lowest BCUT2D eigenvalue weighted by atomic mass is 9.69. The van der Waals surface area contributed by atoms with Gasteiger partial charge in [-0.15, -0.1) is 0 Å². The zero-order valence-electron chi connectivity index (χ0n) is 19.3. The highest BCUT2D eigenvalue weighted by molar-refractivity contribution is 5.65. The van der Waals surface area contributed by atoms with Gasteiger partial charge in [-0.2, -0.15) is 15.0 Å². The fourth-order valence-corrected chi connectivity index (χ4v) is 7.22. The van der Waals surface area contributed by atoms with Crippen molar-refractivity contribution >= 4 is 17.7 Å². The Morgan fingerprint density at radius 2 is 1.28 bits per heavy atom. The van der Waals surface area contributed by atoms with E-state index in [1.807, 2.05) is 0 Å². The van der Waals surface area contributed by atoms with E-state index in [1.54, 1.807) is 0 Å². The molecule has 2 aromatic rings. The number of nitrogens with zero attached hydrogens (tertiary/aromatic N) is 6. The molecule has 0 aromatic carbocycles. The molecule has 2 spiro atoms. The molecule has 36 heavy (non-hydrogen) atoms. The molecule has 0 radical (unpaired) electrons. The predicted molar refractivity (Wildman–Crippen MR) is 121 cm³/mol. The SMILES string of the molecule is Nc1cc(C(F)F)c(-c2nc(N3C4COCC45COCC35)nc(N3C4COCC45COCC35)n2)cn1. The van der Waals surface area contributed by atoms with Gasteiger partial charge in [0.15, 0.2) is 5.82 Å². The number of ether oxygens (including phenoxy) is 4. The molecule has 4 atom stereocenters. The second kappa shape index (κ2) is 7.18. The number of aromatic nitrogens is 4. The van der Waals surface area contributed by atoms with E-state index in [4.69, 9.17) is 39.6 Å². The number of halogens is 2. The van der Waals surface area contributed by atoms with Gasteiger partial charge in [0.2, 0.25) is 11.9 Å². The first-order valence-corrected chi connectivity index (χ1v) is 12.2. The lowest BCUT2D eigenvalue weighted by Gasteiger charge is -2.56. The van der Waals surface area contributed by atoms with Crippen LogP contribution in [0.5, 0.6) is 0 Å². The summed E-state index contributed by atoms with van der Waals surface area (Å²) < 4.78 is 51.4. The minimum absolute atomic E-state index is 0.0148. The zero-order chi connectivity index (χ0) is 24.2. The van der Waals surface area contributed by atoms with E-state index in [-0.39, 0.29) is 57.8 Å². The number of nitrogen functional groups attached to an aromatic ring is 1. The lowest BCUT2D eigenvalue weighted by molar-refractivity contribution is 0.0956. The van der Waals surface area contributed by atoms with E-state index in [0.717, 1.165) is 0 Å². The molecule has 0 saturated carbocycles. The molecule has 0 bridgehead atoms. The van der Waals surface area contributed by atoms with Crippen LogP contribution in [0.15, 0.2) is 12.3 Å². The average molecular weight is 501 g/mol. The van der Waals surface area contributed by atoms with Gasteiger partial charge < -0.3 is 34.5 Å². The number of rotatable bonds is 4. The van der Waals surface area contributed by atoms with Gasteiger partial charge in [0.1, 0.15) is 5.82 Å². The molecule has 6 aliphatic rings. The van der Waals surface area contributed by atoms with Crippen molar-refractivity contribution in [1.29, 1.82) is 0 Å². The lowest BCUT2D eigenvalue weighted by Crippen LogP contribution is -2.72. The number of nitrogens with two attached hydrogens (primary N) is 1. The molecule has 2 N–H and O–H groups in total. The Hall–Kier alpha value is -2.74. The quantitative estimate of drug-likeness (QED) is 0.636. The minimum atomic E-state index is -2.76. The molecule has 6 saturated heterocycles. The van der Waals surface area contributed by atoms with Gasteiger partial charge in [0, 0.05) is 17.3 Å². The second-order valence-electron chi connectivity index (χ2n) is 10.7. The first kappa shape index (κ1) is 21.4. The Kier molecular flexibility index (Phi) is 4.26. The summed E-state index contributed by atoms with van der Waals surface area (Å²) in [4.78, 5) is 22.6. The van der Waals surface area contributed by atoms with E-state index < -0.39 is 6.43 Å². The normalized spacial score (nSPS) is 38.0. The maximum atomic E-state index is 14.0. The third kappa shape index (κ3) is 2.54. The number of anilines is 3. The Bertz CT molecular complexity index is 1150. The van der Waals surface area contributed by atoms with Gasteiger partial charge >= 0.3 is 0 Å². The highest BCUT2D eigenvalue weighted by Gasteiger charge is 2.69. The summed E-state index contributed by atoms with van der Waals surface area (Å²) >= 11 is 0. The first-order valence-electron chi connectivity index (χ1n) is 12.2. The Morgan fingerprint density at radius 3 is 1.72 bits per heavy atom. The highest BCUT2D eigenvalue weighted by Crippen LogP contribution is 2.55. The van der Waals surface area contributed by atoms with Crippen molar-refractivity contribution in [3.63, 3.8) is 0 Å². The number of alkyl halides is 2. The van der Waals surface area contributed by atoms with Crippen molar-refractivity contribution in [2.24, 2.45) is 10.8 Å². The fraction of sp³-hybridized carbons (Fsp3) is 0.652. The molecular weight excluding hydrogens is 476 g/mol. The third-order valence-electron chi connectivity index (χ3n) is 9.09. The van der Waals surface area contributed by atoms with Crippen LogP contribution in [0.3, 0.4) is 0 Å². The van der Waals surface area contributed by atoms with Gasteiger partial charge in [0.05, 0.1) is 87.9 Å². The predicted octanol–water partition coefficient (Wildman–Crippen LogP) is 0.661. The van der Waals surface area contributed by atoms with Crippen LogP contribution < -0.4 is 15.5 Å². The van der Waals surface area contributed by atoms with Crippen molar-refractivity contribution < 1.29 is 27.7 Å². The van der Waals surface area contributed by atoms with Crippen molar-refractivity contribution in [1.82, 2.24) is 19.9 Å². The van der Waals surface area contributed by atoms with E-state index in [0.29, 0.717) is 64.8 Å². The summed E-state index contributed by atoms with van der Waals surface area (Å²) in [6.45, 7) is 4.71. The molecule has 8 rings (SSSR count). The minimum Gasteiger partial charge on any atom is -0.384 e. The number of hydrogen-bond donors (Lipinski definition) is 1. The first-order chi connectivity index (χ1) is 17.5. The number of hydrogen-bond acceptors (Lipinski definition) is 11. The summed E-state index contributed by atoms with van der Waals surface area (Å²) in [5, 5.41) is 0. The van der Waals surface area contributed by atoms with E-state index in [2.05, 4.69) is 14.8 Å². The average Bonchev–Trinajstić information content (AvgIpc) is 3.61. The zero-order valence-corrected chi connectivity index (χ0v) is 19.3. The molecule has 11 nitrogen and oxygen atoms in total. The smallest absolute Gasteiger partial charge is 0.264 e. The largest absolute Gasteiger partial charge is 0.384 e. The summed E-state index contributed by atoms with van der Waals surface area (Å²) in [5.41, 5.74) is 5.45. The fourth-order valence-electron chi connectivity index (χ4n) is 7.22. The van der Waals surface area contributed by atoms with E-state index in [1.165, 1.54) is 12.3 Å². The Labute approximate surface area is 204 Å². The van der Waals surface area contributed by atoms with Crippen LogP contribution >= 0.6 is 0 Å². The summed E-state index contributed by atoms with van der Waals surface area (Å²) in [7, 11) is 0. The molecule has 0 amide bonds. The standard InChI is InChI=1S/C23H25F2N7O4/c24-18(25)11-1-17(26)27-2-12(11)19-28-20(31-13-3-33-7-22(13)8-34-4-14(22)31)30-21(29-19)32-15-5-35-9-23(15)10-36-6-16(23)32/h1-2,13-16,18H,3-10H2,(H2,26,27). The van der Waals surface area contributed by atoms with Crippen molar-refractivity contribution in [2.75, 3.05) is 68.4 Å². The van der Waals surface area contributed by atoms with Gasteiger partial charge in [-0.3, -0.25) is 0 Å². The summed E-state index contributed by atoms with van der Waals surface area (Å²) in [5.74, 6) is 1.03. The molecule has 13 heteroatoms. The third-order valence-corrected chi connectivity index (χ3v) is 9.09. The second-order valence-corrected chi connectivity index (χ2v) is 10.7. The topological polar surface area (TPSA) is 121 Å². The van der Waals surface area contributed by atoms with Gasteiger partial charge in [-0.05, 0) is 6.07 Å². The van der Waals surface area contributed by atoms with Crippen molar-refractivity contribution in [2.45, 2.75) is 30.6 Å². The van der Waals surface area contributed by atoms with Crippen LogP contribution in [0.2, 0.25) is 0 Å². The van der Waals surface area contributed by atoms with Crippen molar-refractivity contribution in [3.05, 3.63) is 17.8 Å². The Morgan fingerprint density at radius 1 is 0.806 bits per heavy atom. The molecule has 8 heterocycles. The molecule has 4 unspecified atom stereocenters. The van der Waals surface area contributed by atoms with Crippen LogP contribution in [-0.4, -0.2) is 97.0 Å². The van der Waals surface area contributed by atoms with Crippen LogP contribution in [-0.2, 0) is 18.9 Å². The molecule has 6 fully saturated rings. The maximum Gasteiger partial charge on any atom is 0.264 e. The molecule has 2 aromatic heterocycles.